The van der Waals surface area contributed by atoms with Crippen LogP contribution in [0, 0.1) is 0 Å². The largest absolute Gasteiger partial charge is 0.342 e. The number of amides is 4. The van der Waals surface area contributed by atoms with Gasteiger partial charge in [-0.15, -0.1) is 0 Å². The molecule has 0 aromatic carbocycles. The van der Waals surface area contributed by atoms with Crippen molar-refractivity contribution in [1.82, 2.24) is 14.7 Å². The molecule has 2 aliphatic rings. The molecule has 0 radical (unpaired) electrons. The lowest BCUT2D eigenvalue weighted by molar-refractivity contribution is -0.132. The quantitative estimate of drug-likeness (QED) is 0.566. The zero-order valence-electron chi connectivity index (χ0n) is 11.9. The van der Waals surface area contributed by atoms with Gasteiger partial charge in [-0.3, -0.25) is 14.5 Å². The van der Waals surface area contributed by atoms with Gasteiger partial charge in [-0.1, -0.05) is 12.2 Å². The maximum absolute atomic E-state index is 12.0. The van der Waals surface area contributed by atoms with Gasteiger partial charge in [0.2, 0.25) is 11.8 Å². The third kappa shape index (κ3) is 3.18. The Bertz CT molecular complexity index is 437. The molecule has 0 saturated carbocycles. The molecule has 2 fully saturated rings. The number of nitrogens with zero attached hydrogens (tertiary/aromatic N) is 3. The van der Waals surface area contributed by atoms with E-state index >= 15 is 0 Å². The number of likely N-dealkylation sites (tertiary alicyclic amines) is 1. The van der Waals surface area contributed by atoms with E-state index in [1.807, 2.05) is 4.90 Å². The molecule has 0 atom stereocenters. The summed E-state index contributed by atoms with van der Waals surface area (Å²) in [5.41, 5.74) is 1.20. The maximum atomic E-state index is 12.0. The molecule has 0 bridgehead atoms. The van der Waals surface area contributed by atoms with E-state index in [2.05, 4.69) is 6.58 Å². The summed E-state index contributed by atoms with van der Waals surface area (Å²) in [6, 6.07) is -0.267. The SMILES string of the molecule is C=C1CCN(C(=O)CCCN2C(=O)CN(C)C2=O)CC1. The fraction of sp³-hybridized carbons (Fsp3) is 0.643. The van der Waals surface area contributed by atoms with Gasteiger partial charge in [-0.05, 0) is 19.3 Å². The molecule has 6 nitrogen and oxygen atoms in total. The second kappa shape index (κ2) is 6.07. The minimum absolute atomic E-state index is 0.102. The zero-order chi connectivity index (χ0) is 14.7. The fourth-order valence-corrected chi connectivity index (χ4v) is 2.51. The highest BCUT2D eigenvalue weighted by Crippen LogP contribution is 2.15. The lowest BCUT2D eigenvalue weighted by Gasteiger charge is -2.28. The molecule has 2 rings (SSSR count). The van der Waals surface area contributed by atoms with Gasteiger partial charge in [0.15, 0.2) is 0 Å². The molecule has 110 valence electrons. The van der Waals surface area contributed by atoms with Crippen LogP contribution in [-0.4, -0.2) is 65.8 Å². The molecule has 2 aliphatic heterocycles. The minimum Gasteiger partial charge on any atom is -0.342 e. The molecule has 2 saturated heterocycles. The molecule has 6 heteroatoms. The van der Waals surface area contributed by atoms with E-state index in [4.69, 9.17) is 0 Å². The van der Waals surface area contributed by atoms with Gasteiger partial charge >= 0.3 is 6.03 Å². The monoisotopic (exact) mass is 279 g/mol. The van der Waals surface area contributed by atoms with Crippen molar-refractivity contribution in [3.63, 3.8) is 0 Å². The van der Waals surface area contributed by atoms with Gasteiger partial charge in [0.05, 0.1) is 0 Å². The van der Waals surface area contributed by atoms with Crippen molar-refractivity contribution in [3.8, 4) is 0 Å². The van der Waals surface area contributed by atoms with Crippen LogP contribution in [0.2, 0.25) is 0 Å². The average molecular weight is 279 g/mol. The van der Waals surface area contributed by atoms with Crippen LogP contribution in [0.25, 0.3) is 0 Å². The van der Waals surface area contributed by atoms with Gasteiger partial charge in [-0.25, -0.2) is 4.79 Å². The van der Waals surface area contributed by atoms with Gasteiger partial charge in [0.1, 0.15) is 6.54 Å². The summed E-state index contributed by atoms with van der Waals surface area (Å²) in [7, 11) is 1.60. The number of imide groups is 1. The highest BCUT2D eigenvalue weighted by atomic mass is 16.2. The number of likely N-dealkylation sites (N-methyl/N-ethyl adjacent to an activating group) is 1. The second-order valence-electron chi connectivity index (χ2n) is 5.42. The van der Waals surface area contributed by atoms with Gasteiger partial charge in [0.25, 0.3) is 0 Å². The number of carbonyl (C=O) groups is 3. The van der Waals surface area contributed by atoms with Crippen molar-refractivity contribution in [1.29, 1.82) is 0 Å². The lowest BCUT2D eigenvalue weighted by Crippen LogP contribution is -2.37. The van der Waals surface area contributed by atoms with Crippen molar-refractivity contribution in [2.75, 3.05) is 33.2 Å². The van der Waals surface area contributed by atoms with Crippen LogP contribution in [-0.2, 0) is 9.59 Å². The topological polar surface area (TPSA) is 60.9 Å². The van der Waals surface area contributed by atoms with Crippen molar-refractivity contribution >= 4 is 17.8 Å². The van der Waals surface area contributed by atoms with Crippen LogP contribution in [0.4, 0.5) is 4.79 Å². The van der Waals surface area contributed by atoms with Gasteiger partial charge < -0.3 is 9.80 Å². The summed E-state index contributed by atoms with van der Waals surface area (Å²) >= 11 is 0. The van der Waals surface area contributed by atoms with E-state index in [0.717, 1.165) is 25.9 Å². The Morgan fingerprint density at radius 2 is 1.90 bits per heavy atom. The highest BCUT2D eigenvalue weighted by Gasteiger charge is 2.33. The van der Waals surface area contributed by atoms with Crippen LogP contribution in [0.3, 0.4) is 0 Å². The Morgan fingerprint density at radius 3 is 2.45 bits per heavy atom. The fourth-order valence-electron chi connectivity index (χ4n) is 2.51. The molecule has 0 spiro atoms. The van der Waals surface area contributed by atoms with Crippen LogP contribution < -0.4 is 0 Å². The van der Waals surface area contributed by atoms with Crippen molar-refractivity contribution in [2.24, 2.45) is 0 Å². The third-order valence-corrected chi connectivity index (χ3v) is 3.83. The second-order valence-corrected chi connectivity index (χ2v) is 5.42. The van der Waals surface area contributed by atoms with Crippen LogP contribution >= 0.6 is 0 Å². The maximum Gasteiger partial charge on any atom is 0.326 e. The summed E-state index contributed by atoms with van der Waals surface area (Å²) < 4.78 is 0. The summed E-state index contributed by atoms with van der Waals surface area (Å²) in [6.45, 7) is 5.87. The molecule has 20 heavy (non-hydrogen) atoms. The summed E-state index contributed by atoms with van der Waals surface area (Å²) in [5, 5.41) is 0. The third-order valence-electron chi connectivity index (χ3n) is 3.83. The summed E-state index contributed by atoms with van der Waals surface area (Å²) in [5.74, 6) is -0.0795. The molecule has 2 heterocycles. The number of piperidine rings is 1. The zero-order valence-corrected chi connectivity index (χ0v) is 11.9. The first-order valence-corrected chi connectivity index (χ1v) is 6.99. The average Bonchev–Trinajstić information content (AvgIpc) is 2.65. The van der Waals surface area contributed by atoms with Crippen molar-refractivity contribution < 1.29 is 14.4 Å². The number of hydrogen-bond donors (Lipinski definition) is 0. The van der Waals surface area contributed by atoms with E-state index in [0.29, 0.717) is 19.4 Å². The normalized spacial score (nSPS) is 20.1. The first kappa shape index (κ1) is 14.6. The van der Waals surface area contributed by atoms with Crippen molar-refractivity contribution in [3.05, 3.63) is 12.2 Å². The first-order valence-electron chi connectivity index (χ1n) is 6.99. The number of hydrogen-bond acceptors (Lipinski definition) is 3. The molecule has 0 unspecified atom stereocenters. The summed E-state index contributed by atoms with van der Waals surface area (Å²) in [6.07, 6.45) is 2.66. The lowest BCUT2D eigenvalue weighted by atomic mass is 10.1. The van der Waals surface area contributed by atoms with E-state index in [1.165, 1.54) is 15.4 Å². The predicted octanol–water partition coefficient (Wildman–Crippen LogP) is 0.839. The summed E-state index contributed by atoms with van der Waals surface area (Å²) in [4.78, 5) is 39.7. The molecular weight excluding hydrogens is 258 g/mol. The van der Waals surface area contributed by atoms with E-state index < -0.39 is 0 Å². The Hall–Kier alpha value is -1.85. The van der Waals surface area contributed by atoms with Crippen LogP contribution in [0.1, 0.15) is 25.7 Å². The van der Waals surface area contributed by atoms with E-state index in [1.54, 1.807) is 7.05 Å². The smallest absolute Gasteiger partial charge is 0.326 e. The Labute approximate surface area is 119 Å². The highest BCUT2D eigenvalue weighted by molar-refractivity contribution is 6.01. The number of urea groups is 1. The molecule has 0 N–H and O–H groups in total. The minimum atomic E-state index is -0.267. The van der Waals surface area contributed by atoms with E-state index in [9.17, 15) is 14.4 Å². The Balaban J connectivity index is 1.73. The van der Waals surface area contributed by atoms with Gasteiger partial charge in [0, 0.05) is 33.1 Å². The van der Waals surface area contributed by atoms with E-state index in [-0.39, 0.29) is 24.4 Å². The van der Waals surface area contributed by atoms with Crippen molar-refractivity contribution in [2.45, 2.75) is 25.7 Å². The molecule has 0 aromatic heterocycles. The molecule has 4 amide bonds. The first-order chi connectivity index (χ1) is 9.49. The van der Waals surface area contributed by atoms with Gasteiger partial charge in [-0.2, -0.15) is 0 Å². The standard InChI is InChI=1S/C14H21N3O3/c1-11-5-8-16(9-6-11)12(18)4-3-7-17-13(19)10-15(2)14(17)20/h1,3-10H2,2H3. The Kier molecular flexibility index (Phi) is 4.42. The number of carbonyl (C=O) groups excluding carboxylic acids is 3. The Morgan fingerprint density at radius 1 is 1.25 bits per heavy atom. The molecular formula is C14H21N3O3. The molecule has 0 aliphatic carbocycles. The predicted molar refractivity (Wildman–Crippen MR) is 73.9 cm³/mol. The number of rotatable bonds is 4. The van der Waals surface area contributed by atoms with Crippen LogP contribution in [0.5, 0.6) is 0 Å². The molecule has 0 aromatic rings. The van der Waals surface area contributed by atoms with Crippen LogP contribution in [0.15, 0.2) is 12.2 Å².